The van der Waals surface area contributed by atoms with E-state index in [2.05, 4.69) is 4.57 Å². The number of nitrogens with zero attached hydrogens (tertiary/aromatic N) is 7. The summed E-state index contributed by atoms with van der Waals surface area (Å²) in [5, 5.41) is 11.6. The number of para-hydroxylation sites is 3. The van der Waals surface area contributed by atoms with Gasteiger partial charge < -0.3 is 42.6 Å². The first-order chi connectivity index (χ1) is 31.5. The van der Waals surface area contributed by atoms with Gasteiger partial charge in [-0.05, 0) is 104 Å². The van der Waals surface area contributed by atoms with Crippen LogP contribution in [0.25, 0.3) is 33.1 Å². The van der Waals surface area contributed by atoms with Crippen LogP contribution in [0.5, 0.6) is 17.8 Å². The summed E-state index contributed by atoms with van der Waals surface area (Å²) < 4.78 is 43.4. The number of ether oxygens (including phenoxy) is 6. The van der Waals surface area contributed by atoms with Crippen molar-refractivity contribution in [2.75, 3.05) is 37.7 Å². The zero-order valence-electron chi connectivity index (χ0n) is 37.8. The molecule has 0 unspecified atom stereocenters. The number of non-ortho nitro benzene ring substituents is 1. The fraction of sp³-hybridized carbons (Fsp3) is 0.447. The molecular formula is C47H53N7O12. The van der Waals surface area contributed by atoms with Crippen LogP contribution in [0.2, 0.25) is 0 Å². The van der Waals surface area contributed by atoms with Gasteiger partial charge in [0.2, 0.25) is 0 Å². The van der Waals surface area contributed by atoms with E-state index in [1.54, 1.807) is 4.90 Å². The number of nitro benzene ring substituents is 1. The van der Waals surface area contributed by atoms with Crippen molar-refractivity contribution in [3.05, 3.63) is 82.9 Å². The predicted molar refractivity (Wildman–Crippen MR) is 241 cm³/mol. The van der Waals surface area contributed by atoms with Crippen molar-refractivity contribution in [3.63, 3.8) is 0 Å². The van der Waals surface area contributed by atoms with Crippen LogP contribution in [0.3, 0.4) is 0 Å². The first kappa shape index (κ1) is 45.4. The topological polar surface area (TPSA) is 213 Å². The highest BCUT2D eigenvalue weighted by molar-refractivity contribution is 6.06. The van der Waals surface area contributed by atoms with Gasteiger partial charge in [-0.15, -0.1) is 0 Å². The number of benzene rings is 3. The van der Waals surface area contributed by atoms with Crippen molar-refractivity contribution >= 4 is 62.8 Å². The lowest BCUT2D eigenvalue weighted by Crippen LogP contribution is -2.42. The maximum atomic E-state index is 14.2. The van der Waals surface area contributed by atoms with Gasteiger partial charge in [-0.2, -0.15) is 15.0 Å². The zero-order valence-corrected chi connectivity index (χ0v) is 37.8. The van der Waals surface area contributed by atoms with Gasteiger partial charge in [0.25, 0.3) is 11.7 Å². The maximum absolute atomic E-state index is 14.2. The third kappa shape index (κ3) is 10.5. The minimum absolute atomic E-state index is 0.0233. The lowest BCUT2D eigenvalue weighted by molar-refractivity contribution is -0.384. The summed E-state index contributed by atoms with van der Waals surface area (Å²) in [7, 11) is 0. The quantitative estimate of drug-likeness (QED) is 0.0264. The van der Waals surface area contributed by atoms with E-state index in [-0.39, 0.29) is 55.8 Å². The van der Waals surface area contributed by atoms with E-state index in [4.69, 9.17) is 47.8 Å². The third-order valence-corrected chi connectivity index (χ3v) is 11.0. The normalized spacial score (nSPS) is 17.0. The molecular weight excluding hydrogens is 855 g/mol. The molecule has 2 atom stereocenters. The van der Waals surface area contributed by atoms with Crippen LogP contribution in [0, 0.1) is 10.1 Å². The summed E-state index contributed by atoms with van der Waals surface area (Å²) in [6, 6.07) is 20.0. The standard InChI is InChI=1S/C47H53N7O12/c1-46(2,3)65-41(55)36-27-32(62-43-48-34-14-8-9-15-35(34)53(43)29-21-23-51(24-22-29)44(56)66-47(4,5)6)28-52(36)40-39-38(33-13-7-10-16-37(33)64-39)49-42(50-40)60-25-11-12-26-61-45(57)63-31-19-17-30(18-20-31)54(58)59/h7-10,13-20,29,32,36H,11-12,21-28H2,1-6H3/t32-,36-/m0/s1. The molecule has 2 aliphatic heterocycles. The number of unbranched alkanes of at least 4 members (excludes halogenated alkanes) is 1. The van der Waals surface area contributed by atoms with Crippen molar-refractivity contribution in [2.45, 2.75) is 103 Å². The minimum Gasteiger partial charge on any atom is -0.463 e. The number of rotatable bonds is 13. The predicted octanol–water partition coefficient (Wildman–Crippen LogP) is 8.95. The number of hydrogen-bond donors (Lipinski definition) is 0. The summed E-state index contributed by atoms with van der Waals surface area (Å²) >= 11 is 0. The maximum Gasteiger partial charge on any atom is 0.513 e. The second-order valence-electron chi connectivity index (χ2n) is 18.2. The Labute approximate surface area is 380 Å². The Morgan fingerprint density at radius 2 is 1.55 bits per heavy atom. The Balaban J connectivity index is 1.01. The molecule has 348 valence electrons. The Hall–Kier alpha value is -7.18. The lowest BCUT2D eigenvalue weighted by Gasteiger charge is -2.34. The highest BCUT2D eigenvalue weighted by atomic mass is 16.7. The zero-order chi connectivity index (χ0) is 46.8. The highest BCUT2D eigenvalue weighted by Gasteiger charge is 2.44. The molecule has 5 heterocycles. The molecule has 3 aromatic heterocycles. The SMILES string of the molecule is CC(C)(C)OC(=O)[C@@H]1C[C@H](Oc2nc3ccccc3n2C2CCN(C(=O)OC(C)(C)C)CC2)CN1c1nc(OCCCCOC(=O)Oc2ccc([N+](=O)[O-])cc2)nc2c1oc1ccccc12. The van der Waals surface area contributed by atoms with E-state index in [1.807, 2.05) is 95.0 Å². The van der Waals surface area contributed by atoms with Crippen LogP contribution in [0.4, 0.5) is 21.1 Å². The number of carbonyl (C=O) groups excluding carboxylic acids is 3. The van der Waals surface area contributed by atoms with Gasteiger partial charge in [0.05, 0.1) is 35.7 Å². The highest BCUT2D eigenvalue weighted by Crippen LogP contribution is 2.40. The number of anilines is 1. The second-order valence-corrected chi connectivity index (χ2v) is 18.2. The molecule has 0 N–H and O–H groups in total. The molecule has 0 radical (unpaired) electrons. The van der Waals surface area contributed by atoms with E-state index in [0.717, 1.165) is 16.4 Å². The second kappa shape index (κ2) is 18.7. The summed E-state index contributed by atoms with van der Waals surface area (Å²) in [4.78, 5) is 67.8. The number of imidazole rings is 1. The molecule has 3 aromatic carbocycles. The van der Waals surface area contributed by atoms with E-state index in [0.29, 0.717) is 67.3 Å². The van der Waals surface area contributed by atoms with Crippen molar-refractivity contribution in [2.24, 2.45) is 0 Å². The number of amides is 1. The molecule has 6 aromatic rings. The van der Waals surface area contributed by atoms with Crippen LogP contribution in [0.1, 0.15) is 79.7 Å². The number of hydrogen-bond acceptors (Lipinski definition) is 16. The van der Waals surface area contributed by atoms with Gasteiger partial charge in [0, 0.05) is 43.1 Å². The number of aromatic nitrogens is 4. The van der Waals surface area contributed by atoms with E-state index < -0.39 is 40.4 Å². The van der Waals surface area contributed by atoms with Gasteiger partial charge in [0.1, 0.15) is 40.2 Å². The summed E-state index contributed by atoms with van der Waals surface area (Å²) in [6.45, 7) is 12.4. The van der Waals surface area contributed by atoms with Crippen molar-refractivity contribution in [1.82, 2.24) is 24.4 Å². The Morgan fingerprint density at radius 3 is 2.27 bits per heavy atom. The molecule has 1 amide bonds. The summed E-state index contributed by atoms with van der Waals surface area (Å²) in [6.07, 6.45) is 0.593. The van der Waals surface area contributed by atoms with Crippen LogP contribution in [0.15, 0.2) is 77.2 Å². The van der Waals surface area contributed by atoms with Gasteiger partial charge in [-0.1, -0.05) is 24.3 Å². The Bertz CT molecular complexity index is 2730. The average molecular weight is 908 g/mol. The molecule has 2 aliphatic rings. The van der Waals surface area contributed by atoms with E-state index in [9.17, 15) is 24.5 Å². The van der Waals surface area contributed by atoms with Crippen molar-refractivity contribution in [1.29, 1.82) is 0 Å². The molecule has 66 heavy (non-hydrogen) atoms. The first-order valence-electron chi connectivity index (χ1n) is 22.0. The Morgan fingerprint density at radius 1 is 0.848 bits per heavy atom. The lowest BCUT2D eigenvalue weighted by atomic mass is 10.0. The van der Waals surface area contributed by atoms with Gasteiger partial charge in [-0.25, -0.2) is 14.4 Å². The molecule has 19 nitrogen and oxygen atoms in total. The van der Waals surface area contributed by atoms with Crippen LogP contribution in [-0.4, -0.2) is 104 Å². The van der Waals surface area contributed by atoms with Gasteiger partial charge in [-0.3, -0.25) is 14.7 Å². The molecule has 0 saturated carbocycles. The number of esters is 1. The summed E-state index contributed by atoms with van der Waals surface area (Å²) in [5.74, 6) is -0.0229. The number of furan rings is 1. The van der Waals surface area contributed by atoms with E-state index in [1.165, 1.54) is 24.3 Å². The fourth-order valence-electron chi connectivity index (χ4n) is 8.05. The number of piperidine rings is 1. The molecule has 0 bridgehead atoms. The molecule has 2 saturated heterocycles. The molecule has 8 rings (SSSR count). The molecule has 19 heteroatoms. The van der Waals surface area contributed by atoms with Gasteiger partial charge in [0.15, 0.2) is 11.4 Å². The monoisotopic (exact) mass is 907 g/mol. The smallest absolute Gasteiger partial charge is 0.463 e. The first-order valence-corrected chi connectivity index (χ1v) is 22.0. The average Bonchev–Trinajstić information content (AvgIpc) is 3.97. The minimum atomic E-state index is -0.944. The van der Waals surface area contributed by atoms with Crippen molar-refractivity contribution < 1.29 is 52.1 Å². The van der Waals surface area contributed by atoms with Crippen molar-refractivity contribution in [3.8, 4) is 17.8 Å². The largest absolute Gasteiger partial charge is 0.513 e. The van der Waals surface area contributed by atoms with Gasteiger partial charge >= 0.3 is 24.2 Å². The fourth-order valence-corrected chi connectivity index (χ4v) is 8.05. The summed E-state index contributed by atoms with van der Waals surface area (Å²) in [5.41, 5.74) is 1.57. The molecule has 0 spiro atoms. The third-order valence-electron chi connectivity index (χ3n) is 11.0. The number of carbonyl (C=O) groups is 3. The van der Waals surface area contributed by atoms with Crippen LogP contribution >= 0.6 is 0 Å². The van der Waals surface area contributed by atoms with Crippen LogP contribution in [-0.2, 0) is 19.0 Å². The molecule has 0 aliphatic carbocycles. The number of likely N-dealkylation sites (tertiary alicyclic amines) is 1. The Kier molecular flexibility index (Phi) is 12.9. The molecule has 2 fully saturated rings. The van der Waals surface area contributed by atoms with Crippen LogP contribution < -0.4 is 19.1 Å². The van der Waals surface area contributed by atoms with E-state index >= 15 is 0 Å². The number of fused-ring (bicyclic) bond motifs is 4. The number of nitro groups is 1.